The van der Waals surface area contributed by atoms with Gasteiger partial charge in [0.15, 0.2) is 0 Å². The van der Waals surface area contributed by atoms with Crippen LogP contribution in [0.3, 0.4) is 0 Å². The summed E-state index contributed by atoms with van der Waals surface area (Å²) in [6.07, 6.45) is 1.20. The third-order valence-corrected chi connectivity index (χ3v) is 5.39. The Hall–Kier alpha value is -0.896. The Morgan fingerprint density at radius 1 is 1.00 bits per heavy atom. The summed E-state index contributed by atoms with van der Waals surface area (Å²) in [5.74, 6) is 0.551. The molecular weight excluding hydrogens is 383 g/mol. The van der Waals surface area contributed by atoms with Gasteiger partial charge in [0.25, 0.3) is 0 Å². The molecular formula is C21H26N3Y-. The molecule has 4 heteroatoms. The van der Waals surface area contributed by atoms with Gasteiger partial charge >= 0.3 is 0 Å². The van der Waals surface area contributed by atoms with Crippen LogP contribution in [0, 0.1) is 13.5 Å². The first kappa shape index (κ1) is 18.9. The van der Waals surface area contributed by atoms with E-state index in [4.69, 9.17) is 0 Å². The van der Waals surface area contributed by atoms with Gasteiger partial charge in [0.05, 0.1) is 0 Å². The number of nitrogens with one attached hydrogen (secondary N) is 1. The average molecular weight is 409 g/mol. The molecule has 1 radical (unpaired) electrons. The van der Waals surface area contributed by atoms with Crippen molar-refractivity contribution in [3.05, 3.63) is 66.2 Å². The minimum atomic E-state index is 0. The number of anilines is 2. The normalized spacial score (nSPS) is 19.9. The van der Waals surface area contributed by atoms with Crippen LogP contribution in [0.25, 0.3) is 0 Å². The van der Waals surface area contributed by atoms with Crippen LogP contribution in [-0.2, 0) is 32.7 Å². The van der Waals surface area contributed by atoms with E-state index in [1.165, 1.54) is 35.5 Å². The van der Waals surface area contributed by atoms with Crippen LogP contribution in [0.1, 0.15) is 23.5 Å². The van der Waals surface area contributed by atoms with Crippen molar-refractivity contribution in [1.82, 2.24) is 4.90 Å². The van der Waals surface area contributed by atoms with Crippen molar-refractivity contribution in [3.63, 3.8) is 0 Å². The Kier molecular flexibility index (Phi) is 6.54. The summed E-state index contributed by atoms with van der Waals surface area (Å²) >= 11 is 0. The third kappa shape index (κ3) is 4.27. The summed E-state index contributed by atoms with van der Waals surface area (Å²) in [7, 11) is 0. The first-order valence-electron chi connectivity index (χ1n) is 9.03. The second-order valence-corrected chi connectivity index (χ2v) is 6.91. The van der Waals surface area contributed by atoms with Gasteiger partial charge < -0.3 is 10.2 Å². The van der Waals surface area contributed by atoms with Gasteiger partial charge in [-0.05, 0) is 31.2 Å². The molecule has 2 heterocycles. The van der Waals surface area contributed by atoms with Crippen LogP contribution < -0.4 is 10.2 Å². The molecule has 3 nitrogen and oxygen atoms in total. The SMILES string of the molecule is Cc1ccccc1N1CCN(CCC2[CH-]Nc3ccccc32)CC1.[Y]. The molecule has 0 amide bonds. The molecule has 2 aromatic rings. The first-order chi connectivity index (χ1) is 11.8. The molecule has 129 valence electrons. The van der Waals surface area contributed by atoms with Crippen LogP contribution in [0.4, 0.5) is 11.4 Å². The molecule has 0 bridgehead atoms. The Morgan fingerprint density at radius 2 is 1.72 bits per heavy atom. The van der Waals surface area contributed by atoms with Crippen LogP contribution in [-0.4, -0.2) is 37.6 Å². The summed E-state index contributed by atoms with van der Waals surface area (Å²) in [6, 6.07) is 17.4. The molecule has 1 saturated heterocycles. The molecule has 2 aromatic carbocycles. The van der Waals surface area contributed by atoms with Gasteiger partial charge in [-0.25, -0.2) is 6.54 Å². The number of fused-ring (bicyclic) bond motifs is 1. The number of piperazine rings is 1. The van der Waals surface area contributed by atoms with E-state index in [-0.39, 0.29) is 32.7 Å². The Morgan fingerprint density at radius 3 is 2.52 bits per heavy atom. The van der Waals surface area contributed by atoms with Crippen LogP contribution in [0.5, 0.6) is 0 Å². The van der Waals surface area contributed by atoms with Gasteiger partial charge in [0.2, 0.25) is 0 Å². The molecule has 2 aliphatic rings. The van der Waals surface area contributed by atoms with Crippen molar-refractivity contribution in [2.24, 2.45) is 0 Å². The van der Waals surface area contributed by atoms with Gasteiger partial charge in [-0.15, -0.1) is 5.92 Å². The van der Waals surface area contributed by atoms with Crippen LogP contribution >= 0.6 is 0 Å². The fraction of sp³-hybridized carbons (Fsp3) is 0.381. The van der Waals surface area contributed by atoms with Gasteiger partial charge in [-0.1, -0.05) is 48.4 Å². The molecule has 1 fully saturated rings. The molecule has 1 N–H and O–H groups in total. The fourth-order valence-electron chi connectivity index (χ4n) is 3.92. The molecule has 1 unspecified atom stereocenters. The minimum Gasteiger partial charge on any atom is -0.534 e. The van der Waals surface area contributed by atoms with E-state index >= 15 is 0 Å². The van der Waals surface area contributed by atoms with E-state index in [0.29, 0.717) is 5.92 Å². The zero-order valence-corrected chi connectivity index (χ0v) is 17.8. The van der Waals surface area contributed by atoms with E-state index in [2.05, 4.69) is 77.1 Å². The second-order valence-electron chi connectivity index (χ2n) is 6.91. The number of aryl methyl sites for hydroxylation is 1. The Labute approximate surface area is 176 Å². The standard InChI is InChI=1S/C21H26N3.Y/c1-17-6-2-5-9-21(17)24-14-12-23(13-15-24)11-10-18-16-22-20-8-4-3-7-19(18)20;/h2-9,16,18,22H,10-15H2,1H3;/q-1;. The quantitative estimate of drug-likeness (QED) is 0.774. The van der Waals surface area contributed by atoms with E-state index < -0.39 is 0 Å². The van der Waals surface area contributed by atoms with Gasteiger partial charge in [-0.2, -0.15) is 0 Å². The minimum absolute atomic E-state index is 0. The Bertz CT molecular complexity index is 695. The topological polar surface area (TPSA) is 18.5 Å². The summed E-state index contributed by atoms with van der Waals surface area (Å²) < 4.78 is 0. The number of hydrogen-bond acceptors (Lipinski definition) is 3. The molecule has 0 aliphatic carbocycles. The number of nitrogens with zero attached hydrogens (tertiary/aromatic N) is 2. The maximum atomic E-state index is 3.42. The van der Waals surface area contributed by atoms with Gasteiger partial charge in [0, 0.05) is 70.3 Å². The molecule has 0 saturated carbocycles. The van der Waals surface area contributed by atoms with Crippen molar-refractivity contribution < 1.29 is 32.7 Å². The third-order valence-electron chi connectivity index (χ3n) is 5.39. The number of hydrogen-bond donors (Lipinski definition) is 1. The Balaban J connectivity index is 0.00000182. The van der Waals surface area contributed by atoms with E-state index in [9.17, 15) is 0 Å². The van der Waals surface area contributed by atoms with Crippen molar-refractivity contribution in [3.8, 4) is 0 Å². The second kappa shape index (κ2) is 8.66. The summed E-state index contributed by atoms with van der Waals surface area (Å²) in [5, 5.41) is 3.42. The van der Waals surface area contributed by atoms with E-state index in [1.807, 2.05) is 0 Å². The molecule has 0 aromatic heterocycles. The summed E-state index contributed by atoms with van der Waals surface area (Å²) in [4.78, 5) is 5.15. The first-order valence-corrected chi connectivity index (χ1v) is 9.03. The molecule has 25 heavy (non-hydrogen) atoms. The van der Waals surface area contributed by atoms with Crippen molar-refractivity contribution >= 4 is 11.4 Å². The maximum absolute atomic E-state index is 3.42. The van der Waals surface area contributed by atoms with E-state index in [1.54, 1.807) is 0 Å². The predicted octanol–water partition coefficient (Wildman–Crippen LogP) is 3.88. The average Bonchev–Trinajstić information content (AvgIpc) is 3.04. The van der Waals surface area contributed by atoms with Crippen molar-refractivity contribution in [2.45, 2.75) is 19.3 Å². The molecule has 2 aliphatic heterocycles. The van der Waals surface area contributed by atoms with Crippen LogP contribution in [0.15, 0.2) is 48.5 Å². The zero-order valence-electron chi connectivity index (χ0n) is 15.0. The van der Waals surface area contributed by atoms with Crippen LogP contribution in [0.2, 0.25) is 0 Å². The summed E-state index contributed by atoms with van der Waals surface area (Å²) in [6.45, 7) is 10.2. The molecule has 4 rings (SSSR count). The van der Waals surface area contributed by atoms with Gasteiger partial charge in [-0.3, -0.25) is 4.90 Å². The molecule has 0 spiro atoms. The zero-order chi connectivity index (χ0) is 16.4. The summed E-state index contributed by atoms with van der Waals surface area (Å²) in [5.41, 5.74) is 5.52. The number of benzene rings is 2. The van der Waals surface area contributed by atoms with Crippen molar-refractivity contribution in [1.29, 1.82) is 0 Å². The van der Waals surface area contributed by atoms with E-state index in [0.717, 1.165) is 26.2 Å². The smallest absolute Gasteiger partial charge is 0.0396 e. The largest absolute Gasteiger partial charge is 0.534 e. The van der Waals surface area contributed by atoms with Gasteiger partial charge in [0.1, 0.15) is 0 Å². The maximum Gasteiger partial charge on any atom is 0.0396 e. The van der Waals surface area contributed by atoms with Crippen molar-refractivity contribution in [2.75, 3.05) is 42.9 Å². The predicted molar refractivity (Wildman–Crippen MR) is 102 cm³/mol. The molecule has 1 atom stereocenters. The fourth-order valence-corrected chi connectivity index (χ4v) is 3.92. The monoisotopic (exact) mass is 409 g/mol. The number of rotatable bonds is 4. The number of para-hydroxylation sites is 2.